The van der Waals surface area contributed by atoms with Crippen LogP contribution in [0.25, 0.3) is 0 Å². The monoisotopic (exact) mass is 365 g/mol. The Morgan fingerprint density at radius 3 is 2.89 bits per heavy atom. The first-order valence-electron chi connectivity index (χ1n) is 9.04. The van der Waals surface area contributed by atoms with Crippen LogP contribution in [0, 0.1) is 11.3 Å². The lowest BCUT2D eigenvalue weighted by molar-refractivity contribution is -0.116. The van der Waals surface area contributed by atoms with E-state index < -0.39 is 6.04 Å². The zero-order valence-electron chi connectivity index (χ0n) is 15.7. The summed E-state index contributed by atoms with van der Waals surface area (Å²) in [5.74, 6) is 1.27. The molecule has 2 aromatic rings. The first-order valence-corrected chi connectivity index (χ1v) is 9.04. The summed E-state index contributed by atoms with van der Waals surface area (Å²) in [4.78, 5) is 12.6. The topological polar surface area (TPSA) is 83.4 Å². The molecule has 0 unspecified atom stereocenters. The summed E-state index contributed by atoms with van der Waals surface area (Å²) in [6.07, 6.45) is 0.976. The van der Waals surface area contributed by atoms with Crippen molar-refractivity contribution in [2.75, 3.05) is 17.2 Å². The number of carbonyl (C=O) groups excluding carboxylic acids is 1. The Morgan fingerprint density at radius 1 is 1.37 bits per heavy atom. The molecule has 0 saturated carbocycles. The van der Waals surface area contributed by atoms with Crippen molar-refractivity contribution in [3.05, 3.63) is 47.5 Å². The van der Waals surface area contributed by atoms with E-state index in [1.165, 1.54) is 0 Å². The molecule has 0 bridgehead atoms. The molecule has 1 heterocycles. The van der Waals surface area contributed by atoms with E-state index in [0.717, 1.165) is 17.7 Å². The van der Waals surface area contributed by atoms with Crippen molar-refractivity contribution in [2.45, 2.75) is 39.3 Å². The normalized spacial score (nSPS) is 15.9. The maximum atomic E-state index is 12.6. The quantitative estimate of drug-likeness (QED) is 0.815. The molecule has 1 aliphatic rings. The van der Waals surface area contributed by atoms with Gasteiger partial charge in [0.05, 0.1) is 23.5 Å². The molecule has 0 saturated heterocycles. The zero-order chi connectivity index (χ0) is 19.4. The van der Waals surface area contributed by atoms with Crippen molar-refractivity contribution in [1.82, 2.24) is 0 Å². The van der Waals surface area contributed by atoms with E-state index in [4.69, 9.17) is 14.7 Å². The van der Waals surface area contributed by atoms with Crippen LogP contribution in [0.4, 0.5) is 11.4 Å². The molecule has 27 heavy (non-hydrogen) atoms. The van der Waals surface area contributed by atoms with Crippen LogP contribution in [0.2, 0.25) is 0 Å². The number of nitrogens with one attached hydrogen (secondary N) is 2. The van der Waals surface area contributed by atoms with Crippen LogP contribution in [0.15, 0.2) is 36.4 Å². The Labute approximate surface area is 159 Å². The summed E-state index contributed by atoms with van der Waals surface area (Å²) in [6.45, 7) is 6.23. The van der Waals surface area contributed by atoms with Gasteiger partial charge in [-0.15, -0.1) is 0 Å². The van der Waals surface area contributed by atoms with Gasteiger partial charge in [-0.3, -0.25) is 4.79 Å². The van der Waals surface area contributed by atoms with Crippen LogP contribution in [-0.4, -0.2) is 24.7 Å². The van der Waals surface area contributed by atoms with Crippen molar-refractivity contribution in [2.24, 2.45) is 0 Å². The van der Waals surface area contributed by atoms with Gasteiger partial charge in [0.1, 0.15) is 29.7 Å². The third-order valence-corrected chi connectivity index (χ3v) is 4.37. The molecule has 2 atom stereocenters. The maximum absolute atomic E-state index is 12.6. The predicted octanol–water partition coefficient (Wildman–Crippen LogP) is 3.72. The van der Waals surface area contributed by atoms with Crippen LogP contribution < -0.4 is 20.1 Å². The molecule has 0 aliphatic carbocycles. The number of benzene rings is 2. The maximum Gasteiger partial charge on any atom is 0.246 e. The molecule has 6 heteroatoms. The molecule has 1 aliphatic heterocycles. The third-order valence-electron chi connectivity index (χ3n) is 4.37. The van der Waals surface area contributed by atoms with Crippen molar-refractivity contribution in [1.29, 1.82) is 5.26 Å². The van der Waals surface area contributed by atoms with E-state index in [1.54, 1.807) is 31.2 Å². The minimum absolute atomic E-state index is 0.132. The second kappa shape index (κ2) is 8.00. The second-order valence-corrected chi connectivity index (χ2v) is 6.53. The van der Waals surface area contributed by atoms with Crippen molar-refractivity contribution < 1.29 is 14.3 Å². The molecule has 0 spiro atoms. The van der Waals surface area contributed by atoms with Crippen LogP contribution in [0.1, 0.15) is 31.9 Å². The molecule has 0 radical (unpaired) electrons. The number of anilines is 2. The minimum atomic E-state index is -0.534. The number of nitriles is 1. The first-order chi connectivity index (χ1) is 13.0. The number of ether oxygens (including phenoxy) is 2. The molecule has 3 rings (SSSR count). The van der Waals surface area contributed by atoms with Gasteiger partial charge in [0.15, 0.2) is 0 Å². The fourth-order valence-corrected chi connectivity index (χ4v) is 3.06. The molecule has 6 nitrogen and oxygen atoms in total. The highest BCUT2D eigenvalue weighted by Gasteiger charge is 2.23. The SMILES string of the molecule is CCOc1cc2c(cc1N[C@H](C)C(=O)Nc1ccccc1C#N)O[C@@H](C)C2. The first kappa shape index (κ1) is 18.6. The highest BCUT2D eigenvalue weighted by molar-refractivity contribution is 5.97. The van der Waals surface area contributed by atoms with Gasteiger partial charge in [-0.1, -0.05) is 12.1 Å². The number of hydrogen-bond donors (Lipinski definition) is 2. The molecule has 2 aromatic carbocycles. The van der Waals surface area contributed by atoms with E-state index in [1.807, 2.05) is 26.0 Å². The van der Waals surface area contributed by atoms with E-state index in [2.05, 4.69) is 16.7 Å². The fraction of sp³-hybridized carbons (Fsp3) is 0.333. The molecule has 140 valence electrons. The number of para-hydroxylation sites is 1. The summed E-state index contributed by atoms with van der Waals surface area (Å²) in [5.41, 5.74) is 2.74. The van der Waals surface area contributed by atoms with Crippen LogP contribution in [-0.2, 0) is 11.2 Å². The highest BCUT2D eigenvalue weighted by atomic mass is 16.5. The summed E-state index contributed by atoms with van der Waals surface area (Å²) in [7, 11) is 0. The van der Waals surface area contributed by atoms with Gasteiger partial charge in [0.25, 0.3) is 0 Å². The van der Waals surface area contributed by atoms with Gasteiger partial charge in [-0.05, 0) is 39.0 Å². The lowest BCUT2D eigenvalue weighted by atomic mass is 10.1. The van der Waals surface area contributed by atoms with Gasteiger partial charge < -0.3 is 20.1 Å². The fourth-order valence-electron chi connectivity index (χ4n) is 3.06. The summed E-state index contributed by atoms with van der Waals surface area (Å²) in [6, 6.07) is 12.3. The number of fused-ring (bicyclic) bond motifs is 1. The summed E-state index contributed by atoms with van der Waals surface area (Å²) < 4.78 is 11.6. The highest BCUT2D eigenvalue weighted by Crippen LogP contribution is 2.38. The summed E-state index contributed by atoms with van der Waals surface area (Å²) >= 11 is 0. The molecule has 1 amide bonds. The van der Waals surface area contributed by atoms with Crippen LogP contribution in [0.5, 0.6) is 11.5 Å². The van der Waals surface area contributed by atoms with E-state index in [-0.39, 0.29) is 12.0 Å². The lowest BCUT2D eigenvalue weighted by Crippen LogP contribution is -2.32. The number of hydrogen-bond acceptors (Lipinski definition) is 5. The minimum Gasteiger partial charge on any atom is -0.492 e. The van der Waals surface area contributed by atoms with Gasteiger partial charge in [0.2, 0.25) is 5.91 Å². The molecule has 2 N–H and O–H groups in total. The van der Waals surface area contributed by atoms with Gasteiger partial charge in [-0.2, -0.15) is 5.26 Å². The van der Waals surface area contributed by atoms with E-state index >= 15 is 0 Å². The Balaban J connectivity index is 1.77. The predicted molar refractivity (Wildman–Crippen MR) is 104 cm³/mol. The Kier molecular flexibility index (Phi) is 5.51. The van der Waals surface area contributed by atoms with Crippen LogP contribution >= 0.6 is 0 Å². The van der Waals surface area contributed by atoms with Crippen molar-refractivity contribution in [3.8, 4) is 17.6 Å². The van der Waals surface area contributed by atoms with Gasteiger partial charge in [0, 0.05) is 18.1 Å². The number of nitrogens with zero attached hydrogens (tertiary/aromatic N) is 1. The Bertz CT molecular complexity index is 889. The molecular formula is C21H23N3O3. The standard InChI is InChI=1S/C21H23N3O3/c1-4-26-20-10-16-9-13(2)27-19(16)11-18(20)23-14(3)21(25)24-17-8-6-5-7-15(17)12-22/h5-8,10-11,13-14,23H,4,9H2,1-3H3,(H,24,25)/t13-,14+/m0/s1. The molecular weight excluding hydrogens is 342 g/mol. The zero-order valence-corrected chi connectivity index (χ0v) is 15.7. The van der Waals surface area contributed by atoms with Crippen molar-refractivity contribution in [3.63, 3.8) is 0 Å². The third kappa shape index (κ3) is 4.14. The smallest absolute Gasteiger partial charge is 0.246 e. The molecule has 0 aromatic heterocycles. The van der Waals surface area contributed by atoms with Crippen molar-refractivity contribution >= 4 is 17.3 Å². The van der Waals surface area contributed by atoms with Gasteiger partial charge >= 0.3 is 0 Å². The van der Waals surface area contributed by atoms with Gasteiger partial charge in [-0.25, -0.2) is 0 Å². The van der Waals surface area contributed by atoms with E-state index in [9.17, 15) is 4.79 Å². The molecule has 0 fully saturated rings. The summed E-state index contributed by atoms with van der Waals surface area (Å²) in [5, 5.41) is 15.2. The number of carbonyl (C=O) groups is 1. The van der Waals surface area contributed by atoms with E-state index in [0.29, 0.717) is 29.3 Å². The second-order valence-electron chi connectivity index (χ2n) is 6.53. The average Bonchev–Trinajstić information content (AvgIpc) is 3.01. The lowest BCUT2D eigenvalue weighted by Gasteiger charge is -2.19. The Morgan fingerprint density at radius 2 is 2.15 bits per heavy atom. The average molecular weight is 365 g/mol. The number of rotatable bonds is 6. The number of amides is 1. The Hall–Kier alpha value is -3.20. The largest absolute Gasteiger partial charge is 0.492 e. The van der Waals surface area contributed by atoms with Crippen LogP contribution in [0.3, 0.4) is 0 Å².